The molecule has 0 aliphatic rings. The number of hydrogen-bond acceptors (Lipinski definition) is 1. The normalized spacial score (nSPS) is 11.5. The Morgan fingerprint density at radius 2 is 1.65 bits per heavy atom. The van der Waals surface area contributed by atoms with Crippen molar-refractivity contribution in [2.24, 2.45) is 0 Å². The average molecular weight is 261 g/mol. The van der Waals surface area contributed by atoms with Gasteiger partial charge < -0.3 is 0 Å². The highest BCUT2D eigenvalue weighted by Gasteiger charge is 2.13. The fourth-order valence-corrected chi connectivity index (χ4v) is 2.83. The van der Waals surface area contributed by atoms with Crippen molar-refractivity contribution in [3.63, 3.8) is 0 Å². The molecule has 0 aliphatic heterocycles. The molecule has 98 valence electrons. The summed E-state index contributed by atoms with van der Waals surface area (Å²) in [6.07, 6.45) is 2.15. The number of fused-ring (bicyclic) bond motifs is 3. The molecule has 3 heteroatoms. The van der Waals surface area contributed by atoms with Crippen molar-refractivity contribution < 1.29 is 0 Å². The molecule has 0 N–H and O–H groups in total. The maximum atomic E-state index is 4.78. The molecule has 4 aromatic rings. The molecule has 2 aromatic carbocycles. The van der Waals surface area contributed by atoms with E-state index in [1.807, 2.05) is 6.07 Å². The minimum absolute atomic E-state index is 0.970. The summed E-state index contributed by atoms with van der Waals surface area (Å²) in [6.45, 7) is 4.25. The third kappa shape index (κ3) is 1.43. The zero-order valence-corrected chi connectivity index (χ0v) is 11.5. The first-order chi connectivity index (χ1) is 9.75. The van der Waals surface area contributed by atoms with E-state index in [4.69, 9.17) is 4.98 Å². The number of aryl methyl sites for hydroxylation is 2. The Morgan fingerprint density at radius 3 is 2.50 bits per heavy atom. The van der Waals surface area contributed by atoms with Gasteiger partial charge in [-0.05, 0) is 37.6 Å². The molecule has 0 aliphatic carbocycles. The smallest absolute Gasteiger partial charge is 0.219 e. The van der Waals surface area contributed by atoms with Crippen molar-refractivity contribution in [1.82, 2.24) is 14.0 Å². The number of aromatic nitrogens is 3. The molecule has 0 spiro atoms. The van der Waals surface area contributed by atoms with Gasteiger partial charge in [0.05, 0.1) is 16.7 Å². The van der Waals surface area contributed by atoms with E-state index < -0.39 is 0 Å². The second-order valence-electron chi connectivity index (χ2n) is 5.16. The molecule has 0 atom stereocenters. The SMILES string of the molecule is Cc1ccccc1-n1c(C)cn2c3ccccc3nc12. The lowest BCUT2D eigenvalue weighted by molar-refractivity contribution is 1.01. The van der Waals surface area contributed by atoms with Crippen molar-refractivity contribution >= 4 is 16.8 Å². The summed E-state index contributed by atoms with van der Waals surface area (Å²) in [5.74, 6) is 0.970. The van der Waals surface area contributed by atoms with Gasteiger partial charge in [-0.2, -0.15) is 0 Å². The lowest BCUT2D eigenvalue weighted by atomic mass is 10.2. The van der Waals surface area contributed by atoms with Gasteiger partial charge in [-0.25, -0.2) is 4.98 Å². The van der Waals surface area contributed by atoms with Gasteiger partial charge in [-0.1, -0.05) is 30.3 Å². The fourth-order valence-electron chi connectivity index (χ4n) is 2.83. The Hall–Kier alpha value is -2.55. The first-order valence-corrected chi connectivity index (χ1v) is 6.77. The molecular formula is C17H15N3. The Bertz CT molecular complexity index is 928. The van der Waals surface area contributed by atoms with E-state index in [9.17, 15) is 0 Å². The van der Waals surface area contributed by atoms with E-state index in [0.717, 1.165) is 16.8 Å². The van der Waals surface area contributed by atoms with Crippen LogP contribution in [0.2, 0.25) is 0 Å². The predicted octanol–water partition coefficient (Wildman–Crippen LogP) is 3.90. The van der Waals surface area contributed by atoms with Crippen LogP contribution < -0.4 is 0 Å². The minimum atomic E-state index is 0.970. The molecule has 0 unspecified atom stereocenters. The maximum absolute atomic E-state index is 4.78. The van der Waals surface area contributed by atoms with Gasteiger partial charge in [0.25, 0.3) is 0 Å². The van der Waals surface area contributed by atoms with Crippen LogP contribution in [0, 0.1) is 13.8 Å². The van der Waals surface area contributed by atoms with Crippen LogP contribution in [0.15, 0.2) is 54.7 Å². The van der Waals surface area contributed by atoms with Crippen LogP contribution in [-0.4, -0.2) is 14.0 Å². The highest BCUT2D eigenvalue weighted by molar-refractivity contribution is 5.80. The summed E-state index contributed by atoms with van der Waals surface area (Å²) in [6, 6.07) is 16.7. The number of para-hydroxylation sites is 3. The first kappa shape index (κ1) is 11.3. The third-order valence-electron chi connectivity index (χ3n) is 3.80. The number of imidazole rings is 2. The molecule has 0 saturated carbocycles. The first-order valence-electron chi connectivity index (χ1n) is 6.77. The van der Waals surface area contributed by atoms with Gasteiger partial charge in [-0.3, -0.25) is 8.97 Å². The summed E-state index contributed by atoms with van der Waals surface area (Å²) in [5, 5.41) is 0. The van der Waals surface area contributed by atoms with Crippen molar-refractivity contribution in [3.8, 4) is 5.69 Å². The van der Waals surface area contributed by atoms with Crippen LogP contribution in [-0.2, 0) is 0 Å². The maximum Gasteiger partial charge on any atom is 0.219 e. The van der Waals surface area contributed by atoms with Crippen molar-refractivity contribution in [3.05, 3.63) is 66.0 Å². The molecule has 0 radical (unpaired) electrons. The van der Waals surface area contributed by atoms with E-state index in [0.29, 0.717) is 0 Å². The molecular weight excluding hydrogens is 246 g/mol. The predicted molar refractivity (Wildman–Crippen MR) is 81.5 cm³/mol. The molecule has 0 saturated heterocycles. The van der Waals surface area contributed by atoms with Crippen LogP contribution in [0.5, 0.6) is 0 Å². The molecule has 3 nitrogen and oxygen atoms in total. The number of nitrogens with zero attached hydrogens (tertiary/aromatic N) is 3. The minimum Gasteiger partial charge on any atom is -0.283 e. The van der Waals surface area contributed by atoms with Crippen LogP contribution in [0.4, 0.5) is 0 Å². The molecule has 0 amide bonds. The Morgan fingerprint density at radius 1 is 0.900 bits per heavy atom. The number of rotatable bonds is 1. The fraction of sp³-hybridized carbons (Fsp3) is 0.118. The highest BCUT2D eigenvalue weighted by atomic mass is 15.2. The second kappa shape index (κ2) is 3.97. The largest absolute Gasteiger partial charge is 0.283 e. The number of hydrogen-bond donors (Lipinski definition) is 0. The molecule has 2 aromatic heterocycles. The Kier molecular flexibility index (Phi) is 2.24. The number of benzene rings is 2. The van der Waals surface area contributed by atoms with Crippen LogP contribution in [0.1, 0.15) is 11.3 Å². The van der Waals surface area contributed by atoms with E-state index in [1.165, 1.54) is 16.9 Å². The summed E-state index contributed by atoms with van der Waals surface area (Å²) >= 11 is 0. The van der Waals surface area contributed by atoms with Crippen LogP contribution in [0.25, 0.3) is 22.5 Å². The van der Waals surface area contributed by atoms with Gasteiger partial charge in [0.15, 0.2) is 0 Å². The van der Waals surface area contributed by atoms with Crippen molar-refractivity contribution in [2.75, 3.05) is 0 Å². The second-order valence-corrected chi connectivity index (χ2v) is 5.16. The topological polar surface area (TPSA) is 22.2 Å². The van der Waals surface area contributed by atoms with Gasteiger partial charge >= 0.3 is 0 Å². The zero-order valence-electron chi connectivity index (χ0n) is 11.5. The van der Waals surface area contributed by atoms with Crippen molar-refractivity contribution in [1.29, 1.82) is 0 Å². The van der Waals surface area contributed by atoms with E-state index in [2.05, 4.69) is 71.5 Å². The van der Waals surface area contributed by atoms with E-state index >= 15 is 0 Å². The summed E-state index contributed by atoms with van der Waals surface area (Å²) in [5.41, 5.74) is 5.81. The summed E-state index contributed by atoms with van der Waals surface area (Å²) in [7, 11) is 0. The summed E-state index contributed by atoms with van der Waals surface area (Å²) in [4.78, 5) is 4.78. The molecule has 2 heterocycles. The molecule has 4 rings (SSSR count). The summed E-state index contributed by atoms with van der Waals surface area (Å²) < 4.78 is 4.38. The molecule has 0 bridgehead atoms. The lowest BCUT2D eigenvalue weighted by Gasteiger charge is -2.08. The third-order valence-corrected chi connectivity index (χ3v) is 3.80. The highest BCUT2D eigenvalue weighted by Crippen LogP contribution is 2.24. The Balaban J connectivity index is 2.14. The quantitative estimate of drug-likeness (QED) is 0.509. The van der Waals surface area contributed by atoms with Gasteiger partial charge in [0, 0.05) is 11.9 Å². The molecule has 0 fully saturated rings. The lowest BCUT2D eigenvalue weighted by Crippen LogP contribution is -1.99. The zero-order chi connectivity index (χ0) is 13.7. The Labute approximate surface area is 117 Å². The van der Waals surface area contributed by atoms with Crippen LogP contribution in [0.3, 0.4) is 0 Å². The van der Waals surface area contributed by atoms with Crippen LogP contribution >= 0.6 is 0 Å². The van der Waals surface area contributed by atoms with E-state index in [1.54, 1.807) is 0 Å². The van der Waals surface area contributed by atoms with Gasteiger partial charge in [-0.15, -0.1) is 0 Å². The monoisotopic (exact) mass is 261 g/mol. The standard InChI is InChI=1S/C17H15N3/c1-12-7-3-5-9-15(12)20-13(2)11-19-16-10-6-4-8-14(16)18-17(19)20/h3-11H,1-2H3. The van der Waals surface area contributed by atoms with E-state index in [-0.39, 0.29) is 0 Å². The molecule has 20 heavy (non-hydrogen) atoms. The average Bonchev–Trinajstić information content (AvgIpc) is 2.95. The van der Waals surface area contributed by atoms with Gasteiger partial charge in [0.1, 0.15) is 0 Å². The van der Waals surface area contributed by atoms with Crippen molar-refractivity contribution in [2.45, 2.75) is 13.8 Å². The van der Waals surface area contributed by atoms with Gasteiger partial charge in [0.2, 0.25) is 5.78 Å².